The molecule has 11 heteroatoms. The maximum atomic E-state index is 13.4. The predicted molar refractivity (Wildman–Crippen MR) is 201 cm³/mol. The number of carbonyl (C=O) groups is 1. The summed E-state index contributed by atoms with van der Waals surface area (Å²) in [4.78, 5) is 20.5. The molecule has 8 nitrogen and oxygen atoms in total. The van der Waals surface area contributed by atoms with Gasteiger partial charge in [0, 0.05) is 41.3 Å². The van der Waals surface area contributed by atoms with Crippen LogP contribution in [0.25, 0.3) is 44.6 Å². The fraction of sp³-hybridized carbons (Fsp3) is 0.472. The summed E-state index contributed by atoms with van der Waals surface area (Å²) in [6, 6.07) is 15.1. The van der Waals surface area contributed by atoms with Gasteiger partial charge in [-0.15, -0.1) is 0 Å². The van der Waals surface area contributed by atoms with E-state index in [0.717, 1.165) is 62.4 Å². The zero-order valence-electron chi connectivity index (χ0n) is 29.4. The van der Waals surface area contributed by atoms with Gasteiger partial charge in [0.25, 0.3) is 0 Å². The highest BCUT2D eigenvalue weighted by molar-refractivity contribution is 7.08. The zero-order valence-corrected chi connectivity index (χ0v) is 32.3. The van der Waals surface area contributed by atoms with E-state index >= 15 is 0 Å². The lowest BCUT2D eigenvalue weighted by atomic mass is 9.86. The van der Waals surface area contributed by atoms with E-state index in [1.54, 1.807) is 11.3 Å². The molecular weight excluding hydrogens is 639 g/mol. The molecule has 0 fully saturated rings. The summed E-state index contributed by atoms with van der Waals surface area (Å²) in [6.45, 7) is 23.0. The Labute approximate surface area is 284 Å². The van der Waals surface area contributed by atoms with E-state index < -0.39 is 21.6 Å². The Morgan fingerprint density at radius 3 is 2.21 bits per heavy atom. The van der Waals surface area contributed by atoms with E-state index in [2.05, 4.69) is 91.0 Å². The molecule has 47 heavy (non-hydrogen) atoms. The molecular formula is C36H49N5O3SSi2. The zero-order chi connectivity index (χ0) is 33.7. The van der Waals surface area contributed by atoms with Gasteiger partial charge < -0.3 is 14.4 Å². The summed E-state index contributed by atoms with van der Waals surface area (Å²) in [5, 5.41) is 10.5. The van der Waals surface area contributed by atoms with Gasteiger partial charge in [-0.05, 0) is 90.6 Å². The van der Waals surface area contributed by atoms with Crippen molar-refractivity contribution in [3.05, 3.63) is 52.7 Å². The number of rotatable bonds is 13. The van der Waals surface area contributed by atoms with Crippen LogP contribution in [0.4, 0.5) is 5.69 Å². The number of hydrogen-bond acceptors (Lipinski definition) is 6. The number of anilines is 1. The molecule has 0 atom stereocenters. The van der Waals surface area contributed by atoms with E-state index in [-0.39, 0.29) is 5.91 Å². The molecule has 6 rings (SSSR count). The molecule has 5 aromatic rings. The number of hydrogen-bond donors (Lipinski definition) is 0. The lowest BCUT2D eigenvalue weighted by molar-refractivity contribution is -0.122. The number of ether oxygens (including phenoxy) is 2. The van der Waals surface area contributed by atoms with Crippen LogP contribution in [0.3, 0.4) is 0 Å². The molecule has 0 unspecified atom stereocenters. The second-order valence-electron chi connectivity index (χ2n) is 15.7. The van der Waals surface area contributed by atoms with Crippen LogP contribution in [0.2, 0.25) is 51.4 Å². The average molecular weight is 688 g/mol. The van der Waals surface area contributed by atoms with Crippen molar-refractivity contribution in [1.82, 2.24) is 19.3 Å². The highest BCUT2D eigenvalue weighted by atomic mass is 32.1. The minimum atomic E-state index is -1.27. The third kappa shape index (κ3) is 6.78. The number of thiophene rings is 1. The first kappa shape index (κ1) is 33.8. The molecule has 0 radical (unpaired) electrons. The molecule has 1 aliphatic heterocycles. The Balaban J connectivity index is 1.48. The van der Waals surface area contributed by atoms with Crippen LogP contribution >= 0.6 is 11.3 Å². The Kier molecular flexibility index (Phi) is 9.16. The van der Waals surface area contributed by atoms with Gasteiger partial charge in [-0.3, -0.25) is 9.36 Å². The van der Waals surface area contributed by atoms with Gasteiger partial charge in [-0.2, -0.15) is 16.4 Å². The van der Waals surface area contributed by atoms with Crippen LogP contribution in [0, 0.1) is 0 Å². The molecule has 3 aromatic heterocycles. The number of carbonyl (C=O) groups excluding carboxylic acids is 1. The van der Waals surface area contributed by atoms with Gasteiger partial charge in [0.05, 0.1) is 27.7 Å². The molecule has 2 aromatic carbocycles. The number of amides is 1. The van der Waals surface area contributed by atoms with E-state index in [0.29, 0.717) is 33.2 Å². The number of likely N-dealkylation sites (N-methyl/N-ethyl adjacent to an activating group) is 1. The molecule has 0 N–H and O–H groups in total. The summed E-state index contributed by atoms with van der Waals surface area (Å²) in [6.07, 6.45) is 0. The maximum absolute atomic E-state index is 13.4. The van der Waals surface area contributed by atoms with Gasteiger partial charge in [-0.1, -0.05) is 45.3 Å². The Morgan fingerprint density at radius 1 is 0.872 bits per heavy atom. The Hall–Kier alpha value is -3.10. The summed E-state index contributed by atoms with van der Waals surface area (Å²) in [5.74, 6) is 0.888. The first-order valence-electron chi connectivity index (χ1n) is 16.7. The Morgan fingerprint density at radius 2 is 1.57 bits per heavy atom. The molecule has 0 bridgehead atoms. The quantitative estimate of drug-likeness (QED) is 0.0912. The number of imidazole rings is 1. The molecule has 4 heterocycles. The van der Waals surface area contributed by atoms with Crippen molar-refractivity contribution < 1.29 is 14.3 Å². The second kappa shape index (κ2) is 12.7. The summed E-state index contributed by atoms with van der Waals surface area (Å²) >= 11 is 1.70. The smallest absolute Gasteiger partial charge is 0.237 e. The van der Waals surface area contributed by atoms with Crippen LogP contribution in [-0.4, -0.2) is 61.1 Å². The summed E-state index contributed by atoms with van der Waals surface area (Å²) in [5.41, 5.74) is 7.31. The fourth-order valence-electron chi connectivity index (χ4n) is 6.18. The number of fused-ring (bicyclic) bond motifs is 3. The minimum Gasteiger partial charge on any atom is -0.361 e. The number of aromatic nitrogens is 4. The van der Waals surface area contributed by atoms with Crippen molar-refractivity contribution in [3.8, 4) is 22.6 Å². The van der Waals surface area contributed by atoms with E-state index in [1.807, 2.05) is 30.4 Å². The normalized spacial score (nSPS) is 15.0. The third-order valence-corrected chi connectivity index (χ3v) is 13.3. The molecule has 0 saturated carbocycles. The van der Waals surface area contributed by atoms with Crippen molar-refractivity contribution in [3.63, 3.8) is 0 Å². The third-order valence-electron chi connectivity index (χ3n) is 9.17. The van der Waals surface area contributed by atoms with Crippen LogP contribution in [0.5, 0.6) is 0 Å². The molecule has 1 aliphatic rings. The van der Waals surface area contributed by atoms with Crippen molar-refractivity contribution in [1.29, 1.82) is 0 Å². The van der Waals surface area contributed by atoms with E-state index in [9.17, 15) is 4.79 Å². The van der Waals surface area contributed by atoms with Gasteiger partial charge in [0.2, 0.25) is 5.91 Å². The highest BCUT2D eigenvalue weighted by Gasteiger charge is 2.44. The molecule has 0 saturated heterocycles. The van der Waals surface area contributed by atoms with Gasteiger partial charge in [-0.25, -0.2) is 9.67 Å². The lowest BCUT2D eigenvalue weighted by Gasteiger charge is -2.18. The molecule has 1 amide bonds. The first-order valence-corrected chi connectivity index (χ1v) is 25.1. The summed E-state index contributed by atoms with van der Waals surface area (Å²) in [7, 11) is -2.50. The number of nitrogens with zero attached hydrogens (tertiary/aromatic N) is 5. The standard InChI is InChI=1S/C36H49N5O3SSi2/c1-10-39-31-21-32-29(20-28(31)36(2,3)35(39)42)37-34(40(32)23-43-14-17-46(4,5)6)33-27-12-11-25(26-13-16-45-22-26)19-30(27)41(38-33)24-44-15-18-47(7,8)9/h11-13,16,19-22H,10,14-15,17-18,23-24H2,1-9H3. The van der Waals surface area contributed by atoms with Gasteiger partial charge in [0.1, 0.15) is 19.2 Å². The fourth-order valence-corrected chi connectivity index (χ4v) is 8.36. The van der Waals surface area contributed by atoms with Crippen LogP contribution in [0.15, 0.2) is 47.2 Å². The van der Waals surface area contributed by atoms with Crippen LogP contribution < -0.4 is 4.90 Å². The van der Waals surface area contributed by atoms with Gasteiger partial charge in [0.15, 0.2) is 5.82 Å². The van der Waals surface area contributed by atoms with Crippen molar-refractivity contribution in [2.75, 3.05) is 24.7 Å². The average Bonchev–Trinajstić information content (AvgIpc) is 3.76. The van der Waals surface area contributed by atoms with Crippen LogP contribution in [-0.2, 0) is 33.1 Å². The molecule has 250 valence electrons. The van der Waals surface area contributed by atoms with E-state index in [4.69, 9.17) is 19.6 Å². The highest BCUT2D eigenvalue weighted by Crippen LogP contribution is 2.44. The van der Waals surface area contributed by atoms with Crippen molar-refractivity contribution in [2.24, 2.45) is 0 Å². The SMILES string of the molecule is CCN1C(=O)C(C)(C)c2cc3nc(-c4nn(COCC[Si](C)(C)C)c5cc(-c6ccsc6)ccc45)n(COCC[Si](C)(C)C)c3cc21. The predicted octanol–water partition coefficient (Wildman–Crippen LogP) is 9.05. The van der Waals surface area contributed by atoms with Gasteiger partial charge >= 0.3 is 0 Å². The lowest BCUT2D eigenvalue weighted by Crippen LogP contribution is -2.35. The summed E-state index contributed by atoms with van der Waals surface area (Å²) < 4.78 is 16.8. The van der Waals surface area contributed by atoms with Crippen LogP contribution in [0.1, 0.15) is 26.3 Å². The second-order valence-corrected chi connectivity index (χ2v) is 27.7. The number of benzene rings is 2. The monoisotopic (exact) mass is 687 g/mol. The molecule has 0 spiro atoms. The van der Waals surface area contributed by atoms with E-state index in [1.165, 1.54) is 5.56 Å². The van der Waals surface area contributed by atoms with Crippen molar-refractivity contribution >= 4 is 61.0 Å². The topological polar surface area (TPSA) is 74.4 Å². The van der Waals surface area contributed by atoms with Crippen molar-refractivity contribution in [2.45, 2.75) is 91.0 Å². The Bertz CT molecular complexity index is 1910. The maximum Gasteiger partial charge on any atom is 0.237 e. The molecule has 0 aliphatic carbocycles. The minimum absolute atomic E-state index is 0.126. The largest absolute Gasteiger partial charge is 0.361 e. The first-order chi connectivity index (χ1) is 22.2.